The third-order valence-electron chi connectivity index (χ3n) is 2.18. The smallest absolute Gasteiger partial charge is 0.270 e. The number of carbonyl (C=O) groups is 1. The minimum absolute atomic E-state index is 0.142. The molecule has 1 atom stereocenters. The van der Waals surface area contributed by atoms with Gasteiger partial charge in [-0.05, 0) is 10.8 Å². The summed E-state index contributed by atoms with van der Waals surface area (Å²) in [5, 5.41) is 13.6. The topological polar surface area (TPSA) is 98.7 Å². The molecular weight excluding hydrogens is 220 g/mol. The van der Waals surface area contributed by atoms with Gasteiger partial charge in [0.2, 0.25) is 5.91 Å². The number of aryl methyl sites for hydroxylation is 1. The first-order valence-corrected chi connectivity index (χ1v) is 5.02. The van der Waals surface area contributed by atoms with Crippen LogP contribution in [0.3, 0.4) is 0 Å². The summed E-state index contributed by atoms with van der Waals surface area (Å²) in [6, 6.07) is 8.33. The third kappa shape index (κ3) is 2.64. The zero-order chi connectivity index (χ0) is 12.3. The number of amides is 1. The highest BCUT2D eigenvalue weighted by atomic mass is 16.2. The van der Waals surface area contributed by atoms with E-state index in [0.29, 0.717) is 0 Å². The first-order valence-electron chi connectivity index (χ1n) is 5.02. The Balaban J connectivity index is 2.06. The van der Waals surface area contributed by atoms with Crippen LogP contribution in [0.1, 0.15) is 11.6 Å². The molecule has 2 aromatic rings. The van der Waals surface area contributed by atoms with Gasteiger partial charge in [0.15, 0.2) is 0 Å². The van der Waals surface area contributed by atoms with Crippen LogP contribution in [-0.4, -0.2) is 26.1 Å². The normalized spacial score (nSPS) is 12.1. The lowest BCUT2D eigenvalue weighted by Crippen LogP contribution is -2.28. The van der Waals surface area contributed by atoms with Gasteiger partial charge in [-0.1, -0.05) is 35.4 Å². The van der Waals surface area contributed by atoms with Crippen molar-refractivity contribution in [1.29, 1.82) is 0 Å². The molecule has 1 amide bonds. The maximum Gasteiger partial charge on any atom is 0.270 e. The average Bonchev–Trinajstić information content (AvgIpc) is 2.75. The van der Waals surface area contributed by atoms with E-state index in [-0.39, 0.29) is 11.9 Å². The summed E-state index contributed by atoms with van der Waals surface area (Å²) < 4.78 is 0. The van der Waals surface area contributed by atoms with Gasteiger partial charge < -0.3 is 5.73 Å². The van der Waals surface area contributed by atoms with E-state index in [1.54, 1.807) is 19.2 Å². The van der Waals surface area contributed by atoms with Gasteiger partial charge in [-0.2, -0.15) is 4.80 Å². The van der Waals surface area contributed by atoms with E-state index < -0.39 is 6.04 Å². The summed E-state index contributed by atoms with van der Waals surface area (Å²) in [6.45, 7) is 0. The van der Waals surface area contributed by atoms with Crippen molar-refractivity contribution in [3.05, 3.63) is 35.9 Å². The summed E-state index contributed by atoms with van der Waals surface area (Å²) in [5.74, 6) is -0.229. The van der Waals surface area contributed by atoms with E-state index in [0.717, 1.165) is 5.56 Å². The van der Waals surface area contributed by atoms with Crippen molar-refractivity contribution in [3.8, 4) is 0 Å². The number of rotatable bonds is 3. The van der Waals surface area contributed by atoms with Crippen LogP contribution in [0, 0.1) is 0 Å². The second-order valence-electron chi connectivity index (χ2n) is 3.48. The lowest BCUT2D eigenvalue weighted by molar-refractivity contribution is -0.117. The number of hydrogen-bond acceptors (Lipinski definition) is 5. The molecule has 3 N–H and O–H groups in total. The quantitative estimate of drug-likeness (QED) is 0.766. The van der Waals surface area contributed by atoms with Gasteiger partial charge in [-0.3, -0.25) is 10.1 Å². The van der Waals surface area contributed by atoms with Crippen molar-refractivity contribution in [3.63, 3.8) is 0 Å². The molecule has 1 aromatic heterocycles. The lowest BCUT2D eigenvalue weighted by Gasteiger charge is -2.09. The van der Waals surface area contributed by atoms with Crippen LogP contribution in [0.2, 0.25) is 0 Å². The Morgan fingerprint density at radius 3 is 2.71 bits per heavy atom. The molecule has 88 valence electrons. The van der Waals surface area contributed by atoms with Crippen LogP contribution in [0.5, 0.6) is 0 Å². The van der Waals surface area contributed by atoms with E-state index >= 15 is 0 Å². The monoisotopic (exact) mass is 232 g/mol. The summed E-state index contributed by atoms with van der Waals surface area (Å²) >= 11 is 0. The lowest BCUT2D eigenvalue weighted by atomic mass is 10.1. The molecular formula is C10H12N6O. The molecule has 0 aliphatic carbocycles. The Morgan fingerprint density at radius 1 is 1.41 bits per heavy atom. The van der Waals surface area contributed by atoms with Gasteiger partial charge in [0, 0.05) is 0 Å². The first-order chi connectivity index (χ1) is 8.16. The Kier molecular flexibility index (Phi) is 3.10. The van der Waals surface area contributed by atoms with Gasteiger partial charge in [0.1, 0.15) is 6.04 Å². The van der Waals surface area contributed by atoms with Crippen LogP contribution in [0.15, 0.2) is 30.3 Å². The number of aromatic nitrogens is 4. The van der Waals surface area contributed by atoms with Crippen molar-refractivity contribution < 1.29 is 4.79 Å². The van der Waals surface area contributed by atoms with E-state index in [9.17, 15) is 4.79 Å². The highest BCUT2D eigenvalue weighted by Crippen LogP contribution is 2.10. The van der Waals surface area contributed by atoms with Crippen molar-refractivity contribution in [2.24, 2.45) is 12.8 Å². The first kappa shape index (κ1) is 11.2. The molecule has 7 nitrogen and oxygen atoms in total. The van der Waals surface area contributed by atoms with Crippen LogP contribution in [-0.2, 0) is 11.8 Å². The molecule has 0 saturated carbocycles. The predicted molar refractivity (Wildman–Crippen MR) is 60.8 cm³/mol. The minimum atomic E-state index is -0.750. The minimum Gasteiger partial charge on any atom is -0.316 e. The molecule has 0 unspecified atom stereocenters. The Labute approximate surface area is 97.6 Å². The van der Waals surface area contributed by atoms with Crippen molar-refractivity contribution in [2.45, 2.75) is 6.04 Å². The van der Waals surface area contributed by atoms with Gasteiger partial charge in [-0.15, -0.1) is 5.10 Å². The average molecular weight is 232 g/mol. The molecule has 0 fully saturated rings. The Bertz CT molecular complexity index is 509. The fourth-order valence-electron chi connectivity index (χ4n) is 1.33. The van der Waals surface area contributed by atoms with Crippen LogP contribution >= 0.6 is 0 Å². The second-order valence-corrected chi connectivity index (χ2v) is 3.48. The summed E-state index contributed by atoms with van der Waals surface area (Å²) in [5.41, 5.74) is 6.53. The molecule has 0 radical (unpaired) electrons. The zero-order valence-electron chi connectivity index (χ0n) is 9.24. The molecule has 0 spiro atoms. The maximum absolute atomic E-state index is 11.8. The molecule has 1 heterocycles. The van der Waals surface area contributed by atoms with Crippen molar-refractivity contribution >= 4 is 11.9 Å². The van der Waals surface area contributed by atoms with Crippen molar-refractivity contribution in [1.82, 2.24) is 20.2 Å². The number of tetrazole rings is 1. The Morgan fingerprint density at radius 2 is 2.12 bits per heavy atom. The van der Waals surface area contributed by atoms with Gasteiger partial charge >= 0.3 is 0 Å². The highest BCUT2D eigenvalue weighted by Gasteiger charge is 2.17. The molecule has 17 heavy (non-hydrogen) atoms. The summed E-state index contributed by atoms with van der Waals surface area (Å²) in [7, 11) is 1.61. The summed E-state index contributed by atoms with van der Waals surface area (Å²) in [6.07, 6.45) is 0. The number of benzene rings is 1. The van der Waals surface area contributed by atoms with Crippen LogP contribution in [0.25, 0.3) is 0 Å². The number of hydrogen-bond donors (Lipinski definition) is 2. The number of nitrogens with two attached hydrogens (primary N) is 1. The van der Waals surface area contributed by atoms with Gasteiger partial charge in [0.25, 0.3) is 5.95 Å². The zero-order valence-corrected chi connectivity index (χ0v) is 9.24. The number of nitrogens with one attached hydrogen (secondary N) is 1. The fourth-order valence-corrected chi connectivity index (χ4v) is 1.33. The molecule has 0 aliphatic heterocycles. The van der Waals surface area contributed by atoms with E-state index in [4.69, 9.17) is 5.73 Å². The van der Waals surface area contributed by atoms with Gasteiger partial charge in [0.05, 0.1) is 7.05 Å². The summed E-state index contributed by atoms with van der Waals surface area (Å²) in [4.78, 5) is 13.0. The maximum atomic E-state index is 11.8. The van der Waals surface area contributed by atoms with Crippen molar-refractivity contribution in [2.75, 3.05) is 5.32 Å². The molecule has 7 heteroatoms. The highest BCUT2D eigenvalue weighted by molar-refractivity contribution is 5.93. The Hall–Kier alpha value is -2.28. The fraction of sp³-hybridized carbons (Fsp3) is 0.200. The standard InChI is InChI=1S/C10H12N6O/c1-16-14-10(13-15-16)12-9(17)8(11)7-5-3-2-4-6-7/h2-6,8H,11H2,1H3,(H,12,14,17)/t8-/m0/s1. The molecule has 0 aliphatic rings. The van der Waals surface area contributed by atoms with E-state index in [1.165, 1.54) is 4.80 Å². The largest absolute Gasteiger partial charge is 0.316 e. The molecule has 2 rings (SSSR count). The number of nitrogens with zero attached hydrogens (tertiary/aromatic N) is 4. The third-order valence-corrected chi connectivity index (χ3v) is 2.18. The molecule has 0 bridgehead atoms. The van der Waals surface area contributed by atoms with Crippen LogP contribution in [0.4, 0.5) is 5.95 Å². The van der Waals surface area contributed by atoms with Gasteiger partial charge in [-0.25, -0.2) is 0 Å². The van der Waals surface area contributed by atoms with E-state index in [2.05, 4.69) is 20.7 Å². The molecule has 1 aromatic carbocycles. The predicted octanol–water partition coefficient (Wildman–Crippen LogP) is -0.151. The number of carbonyl (C=O) groups excluding carboxylic acids is 1. The second kappa shape index (κ2) is 4.71. The SMILES string of the molecule is Cn1nnc(NC(=O)[C@@H](N)c2ccccc2)n1. The van der Waals surface area contributed by atoms with E-state index in [1.807, 2.05) is 18.2 Å². The number of anilines is 1. The molecule has 0 saturated heterocycles. The van der Waals surface area contributed by atoms with Crippen LogP contribution < -0.4 is 11.1 Å².